The summed E-state index contributed by atoms with van der Waals surface area (Å²) >= 11 is 12.4. The zero-order chi connectivity index (χ0) is 18.0. The first kappa shape index (κ1) is 17.5. The van der Waals surface area contributed by atoms with Gasteiger partial charge < -0.3 is 5.32 Å². The minimum Gasteiger partial charge on any atom is -0.319 e. The number of carbonyl (C=O) groups excluding carboxylic acids is 1. The number of anilines is 1. The molecule has 0 saturated carbocycles. The first-order valence-corrected chi connectivity index (χ1v) is 8.53. The smallest absolute Gasteiger partial charge is 0.255 e. The Morgan fingerprint density at radius 1 is 1.12 bits per heavy atom. The highest BCUT2D eigenvalue weighted by atomic mass is 35.5. The number of aryl methyl sites for hydroxylation is 2. The van der Waals surface area contributed by atoms with E-state index in [0.717, 1.165) is 16.7 Å². The van der Waals surface area contributed by atoms with E-state index < -0.39 is 0 Å². The molecule has 0 aliphatic heterocycles. The van der Waals surface area contributed by atoms with E-state index >= 15 is 0 Å². The van der Waals surface area contributed by atoms with Crippen molar-refractivity contribution >= 4 is 34.8 Å². The van der Waals surface area contributed by atoms with Crippen LogP contribution in [0.4, 0.5) is 5.69 Å². The quantitative estimate of drug-likeness (QED) is 0.690. The Labute approximate surface area is 156 Å². The number of amides is 1. The SMILES string of the molecule is Cc1ccc(C(=O)Nc2cnn(Cc3c(Cl)cccc3Cl)c2)cc1C. The van der Waals surface area contributed by atoms with Crippen LogP contribution in [0.25, 0.3) is 0 Å². The number of hydrogen-bond acceptors (Lipinski definition) is 2. The van der Waals surface area contributed by atoms with Gasteiger partial charge in [0.2, 0.25) is 0 Å². The molecule has 2 aromatic carbocycles. The van der Waals surface area contributed by atoms with Gasteiger partial charge in [0.1, 0.15) is 0 Å². The Kier molecular flexibility index (Phi) is 5.11. The molecule has 1 aromatic heterocycles. The summed E-state index contributed by atoms with van der Waals surface area (Å²) in [6.07, 6.45) is 3.35. The molecule has 1 N–H and O–H groups in total. The van der Waals surface area contributed by atoms with Gasteiger partial charge in [-0.25, -0.2) is 0 Å². The van der Waals surface area contributed by atoms with Crippen LogP contribution in [0, 0.1) is 13.8 Å². The van der Waals surface area contributed by atoms with Crippen LogP contribution in [0.1, 0.15) is 27.0 Å². The van der Waals surface area contributed by atoms with E-state index in [1.807, 2.05) is 32.0 Å². The molecule has 4 nitrogen and oxygen atoms in total. The Bertz CT molecular complexity index is 914. The predicted octanol–water partition coefficient (Wildman–Crippen LogP) is 5.11. The van der Waals surface area contributed by atoms with Crippen molar-refractivity contribution in [1.82, 2.24) is 9.78 Å². The highest BCUT2D eigenvalue weighted by Crippen LogP contribution is 2.25. The molecule has 1 amide bonds. The number of hydrogen-bond donors (Lipinski definition) is 1. The predicted molar refractivity (Wildman–Crippen MR) is 102 cm³/mol. The minimum absolute atomic E-state index is 0.168. The number of benzene rings is 2. The van der Waals surface area contributed by atoms with Crippen LogP contribution in [-0.2, 0) is 6.54 Å². The molecule has 0 saturated heterocycles. The van der Waals surface area contributed by atoms with Crippen LogP contribution in [0.3, 0.4) is 0 Å². The van der Waals surface area contributed by atoms with E-state index in [4.69, 9.17) is 23.2 Å². The van der Waals surface area contributed by atoms with Crippen molar-refractivity contribution < 1.29 is 4.79 Å². The van der Waals surface area contributed by atoms with Gasteiger partial charge in [-0.2, -0.15) is 5.10 Å². The molecular weight excluding hydrogens is 357 g/mol. The number of aromatic nitrogens is 2. The summed E-state index contributed by atoms with van der Waals surface area (Å²) in [4.78, 5) is 12.4. The van der Waals surface area contributed by atoms with Crippen LogP contribution >= 0.6 is 23.2 Å². The lowest BCUT2D eigenvalue weighted by Gasteiger charge is -2.07. The van der Waals surface area contributed by atoms with Crippen molar-refractivity contribution in [3.63, 3.8) is 0 Å². The topological polar surface area (TPSA) is 46.9 Å². The summed E-state index contributed by atoms with van der Waals surface area (Å²) in [7, 11) is 0. The zero-order valence-electron chi connectivity index (χ0n) is 13.9. The second-order valence-electron chi connectivity index (χ2n) is 5.88. The molecule has 0 aliphatic carbocycles. The van der Waals surface area contributed by atoms with Gasteiger partial charge in [-0.15, -0.1) is 0 Å². The lowest BCUT2D eigenvalue weighted by Crippen LogP contribution is -2.11. The molecular formula is C19H17Cl2N3O. The molecule has 3 rings (SSSR count). The highest BCUT2D eigenvalue weighted by Gasteiger charge is 2.10. The number of nitrogens with zero attached hydrogens (tertiary/aromatic N) is 2. The maximum Gasteiger partial charge on any atom is 0.255 e. The van der Waals surface area contributed by atoms with Crippen LogP contribution < -0.4 is 5.32 Å². The fraction of sp³-hybridized carbons (Fsp3) is 0.158. The van der Waals surface area contributed by atoms with Crippen molar-refractivity contribution in [3.05, 3.63) is 81.1 Å². The van der Waals surface area contributed by atoms with E-state index in [9.17, 15) is 4.79 Å². The normalized spacial score (nSPS) is 10.7. The second-order valence-corrected chi connectivity index (χ2v) is 6.69. The molecule has 25 heavy (non-hydrogen) atoms. The lowest BCUT2D eigenvalue weighted by molar-refractivity contribution is 0.102. The van der Waals surface area contributed by atoms with Gasteiger partial charge in [-0.05, 0) is 49.2 Å². The number of carbonyl (C=O) groups is 1. The molecule has 1 heterocycles. The Morgan fingerprint density at radius 2 is 1.84 bits per heavy atom. The average molecular weight is 374 g/mol. The van der Waals surface area contributed by atoms with Crippen LogP contribution in [-0.4, -0.2) is 15.7 Å². The maximum absolute atomic E-state index is 12.4. The van der Waals surface area contributed by atoms with Crippen molar-refractivity contribution in [1.29, 1.82) is 0 Å². The van der Waals surface area contributed by atoms with Crippen molar-refractivity contribution in [2.24, 2.45) is 0 Å². The van der Waals surface area contributed by atoms with Gasteiger partial charge in [0, 0.05) is 27.4 Å². The molecule has 128 valence electrons. The van der Waals surface area contributed by atoms with Gasteiger partial charge in [0.15, 0.2) is 0 Å². The largest absolute Gasteiger partial charge is 0.319 e. The van der Waals surface area contributed by atoms with E-state index in [2.05, 4.69) is 10.4 Å². The van der Waals surface area contributed by atoms with Crippen molar-refractivity contribution in [3.8, 4) is 0 Å². The molecule has 0 spiro atoms. The van der Waals surface area contributed by atoms with E-state index in [-0.39, 0.29) is 5.91 Å². The lowest BCUT2D eigenvalue weighted by atomic mass is 10.1. The minimum atomic E-state index is -0.168. The summed E-state index contributed by atoms with van der Waals surface area (Å²) in [6, 6.07) is 11.0. The van der Waals surface area contributed by atoms with Gasteiger partial charge >= 0.3 is 0 Å². The van der Waals surface area contributed by atoms with Gasteiger partial charge in [-0.1, -0.05) is 35.3 Å². The molecule has 0 unspecified atom stereocenters. The molecule has 0 bridgehead atoms. The van der Waals surface area contributed by atoms with E-state index in [1.54, 1.807) is 35.3 Å². The molecule has 0 aliphatic rings. The summed E-state index contributed by atoms with van der Waals surface area (Å²) in [5, 5.41) is 8.28. The van der Waals surface area contributed by atoms with Crippen LogP contribution in [0.2, 0.25) is 10.0 Å². The standard InChI is InChI=1S/C19H17Cl2N3O/c1-12-6-7-14(8-13(12)2)19(25)23-15-9-22-24(10-15)11-16-17(20)4-3-5-18(16)21/h3-10H,11H2,1-2H3,(H,23,25). The number of rotatable bonds is 4. The maximum atomic E-state index is 12.4. The van der Waals surface area contributed by atoms with Gasteiger partial charge in [0.05, 0.1) is 18.4 Å². The third-order valence-corrected chi connectivity index (χ3v) is 4.75. The van der Waals surface area contributed by atoms with Crippen LogP contribution in [0.15, 0.2) is 48.8 Å². The Balaban J connectivity index is 1.73. The van der Waals surface area contributed by atoms with Crippen molar-refractivity contribution in [2.75, 3.05) is 5.32 Å². The van der Waals surface area contributed by atoms with Crippen molar-refractivity contribution in [2.45, 2.75) is 20.4 Å². The third-order valence-electron chi connectivity index (χ3n) is 4.04. The van der Waals surface area contributed by atoms with E-state index in [1.165, 1.54) is 0 Å². The van der Waals surface area contributed by atoms with Crippen LogP contribution in [0.5, 0.6) is 0 Å². The molecule has 6 heteroatoms. The second kappa shape index (κ2) is 7.30. The number of halogens is 2. The molecule has 0 radical (unpaired) electrons. The summed E-state index contributed by atoms with van der Waals surface area (Å²) in [5.41, 5.74) is 4.26. The van der Waals surface area contributed by atoms with Gasteiger partial charge in [-0.3, -0.25) is 9.48 Å². The number of nitrogens with one attached hydrogen (secondary N) is 1. The highest BCUT2D eigenvalue weighted by molar-refractivity contribution is 6.35. The Morgan fingerprint density at radius 3 is 2.52 bits per heavy atom. The Hall–Kier alpha value is -2.30. The first-order valence-electron chi connectivity index (χ1n) is 7.78. The first-order chi connectivity index (χ1) is 11.9. The van der Waals surface area contributed by atoms with E-state index in [0.29, 0.717) is 27.8 Å². The molecule has 0 fully saturated rings. The monoisotopic (exact) mass is 373 g/mol. The zero-order valence-corrected chi connectivity index (χ0v) is 15.4. The third kappa shape index (κ3) is 4.03. The summed E-state index contributed by atoms with van der Waals surface area (Å²) in [6.45, 7) is 4.43. The van der Waals surface area contributed by atoms with Gasteiger partial charge in [0.25, 0.3) is 5.91 Å². The summed E-state index contributed by atoms with van der Waals surface area (Å²) in [5.74, 6) is -0.168. The molecule has 3 aromatic rings. The fourth-order valence-corrected chi connectivity index (χ4v) is 2.96. The molecule has 0 atom stereocenters. The average Bonchev–Trinajstić information content (AvgIpc) is 3.01. The summed E-state index contributed by atoms with van der Waals surface area (Å²) < 4.78 is 1.68. The fourth-order valence-electron chi connectivity index (χ4n) is 2.45.